The van der Waals surface area contributed by atoms with Crippen LogP contribution in [-0.2, 0) is 0 Å². The van der Waals surface area contributed by atoms with Gasteiger partial charge in [0.15, 0.2) is 5.13 Å². The second kappa shape index (κ2) is 4.70. The van der Waals surface area contributed by atoms with Gasteiger partial charge in [-0.2, -0.15) is 0 Å². The third-order valence-electron chi connectivity index (χ3n) is 2.79. The maximum absolute atomic E-state index is 12.0. The van der Waals surface area contributed by atoms with Crippen molar-refractivity contribution in [2.45, 2.75) is 0 Å². The summed E-state index contributed by atoms with van der Waals surface area (Å²) in [6, 6.07) is 13.7. The number of benzene rings is 2. The van der Waals surface area contributed by atoms with E-state index in [1.807, 2.05) is 42.5 Å². The van der Waals surface area contributed by atoms with Gasteiger partial charge in [0.25, 0.3) is 5.91 Å². The number of rotatable bonds is 2. The number of carbonyl (C=O) groups excluding carboxylic acids is 1. The predicted molar refractivity (Wildman–Crippen MR) is 78.4 cm³/mol. The fourth-order valence-electron chi connectivity index (χ4n) is 1.91. The Labute approximate surface area is 113 Å². The number of nitrogens with zero attached hydrogens (tertiary/aromatic N) is 1. The van der Waals surface area contributed by atoms with E-state index in [9.17, 15) is 4.79 Å². The summed E-state index contributed by atoms with van der Waals surface area (Å²) < 4.78 is 0. The summed E-state index contributed by atoms with van der Waals surface area (Å²) in [5.41, 5.74) is 6.64. The van der Waals surface area contributed by atoms with Gasteiger partial charge in [0, 0.05) is 16.5 Å². The van der Waals surface area contributed by atoms with Crippen LogP contribution in [0.5, 0.6) is 0 Å². The summed E-state index contributed by atoms with van der Waals surface area (Å²) in [5, 5.41) is 6.99. The average Bonchev–Trinajstić information content (AvgIpc) is 2.86. The molecule has 1 heterocycles. The highest BCUT2D eigenvalue weighted by molar-refractivity contribution is 7.13. The van der Waals surface area contributed by atoms with Crippen molar-refractivity contribution in [3.8, 4) is 0 Å². The van der Waals surface area contributed by atoms with Crippen molar-refractivity contribution in [1.29, 1.82) is 0 Å². The van der Waals surface area contributed by atoms with Gasteiger partial charge in [0.05, 0.1) is 0 Å². The molecule has 94 valence electrons. The average molecular weight is 269 g/mol. The SMILES string of the molecule is Nc1nc(C(=O)Nc2cccc3ccccc23)cs1. The molecule has 0 spiro atoms. The highest BCUT2D eigenvalue weighted by Crippen LogP contribution is 2.23. The number of carbonyl (C=O) groups is 1. The van der Waals surface area contributed by atoms with E-state index in [0.29, 0.717) is 10.8 Å². The summed E-state index contributed by atoms with van der Waals surface area (Å²) in [6.45, 7) is 0. The number of thiazole rings is 1. The first-order valence-electron chi connectivity index (χ1n) is 5.74. The van der Waals surface area contributed by atoms with Crippen LogP contribution in [0.1, 0.15) is 10.5 Å². The molecule has 19 heavy (non-hydrogen) atoms. The minimum atomic E-state index is -0.246. The molecule has 3 rings (SSSR count). The standard InChI is InChI=1S/C14H11N3OS/c15-14-17-12(8-19-14)13(18)16-11-7-3-5-9-4-1-2-6-10(9)11/h1-8H,(H2,15,17)(H,16,18). The topological polar surface area (TPSA) is 68.0 Å². The Bertz CT molecular complexity index is 746. The van der Waals surface area contributed by atoms with Gasteiger partial charge in [-0.1, -0.05) is 36.4 Å². The molecule has 2 aromatic carbocycles. The van der Waals surface area contributed by atoms with Gasteiger partial charge in [-0.05, 0) is 11.5 Å². The van der Waals surface area contributed by atoms with Crippen molar-refractivity contribution in [2.75, 3.05) is 11.1 Å². The molecule has 3 aromatic rings. The largest absolute Gasteiger partial charge is 0.375 e. The Morgan fingerprint density at radius 2 is 1.95 bits per heavy atom. The fourth-order valence-corrected chi connectivity index (χ4v) is 2.46. The fraction of sp³-hybridized carbons (Fsp3) is 0. The van der Waals surface area contributed by atoms with E-state index < -0.39 is 0 Å². The van der Waals surface area contributed by atoms with Crippen LogP contribution in [0, 0.1) is 0 Å². The zero-order chi connectivity index (χ0) is 13.2. The molecule has 3 N–H and O–H groups in total. The lowest BCUT2D eigenvalue weighted by atomic mass is 10.1. The molecule has 0 unspecified atom stereocenters. The Morgan fingerprint density at radius 1 is 1.16 bits per heavy atom. The highest BCUT2D eigenvalue weighted by atomic mass is 32.1. The lowest BCUT2D eigenvalue weighted by Crippen LogP contribution is -2.12. The molecule has 0 atom stereocenters. The Hall–Kier alpha value is -2.40. The van der Waals surface area contributed by atoms with Gasteiger partial charge in [0.1, 0.15) is 5.69 Å². The molecule has 0 aliphatic carbocycles. The van der Waals surface area contributed by atoms with Gasteiger partial charge in [-0.3, -0.25) is 4.79 Å². The van der Waals surface area contributed by atoms with Gasteiger partial charge in [-0.25, -0.2) is 4.98 Å². The van der Waals surface area contributed by atoms with E-state index in [0.717, 1.165) is 16.5 Å². The summed E-state index contributed by atoms with van der Waals surface area (Å²) >= 11 is 1.25. The van der Waals surface area contributed by atoms with Crippen molar-refractivity contribution < 1.29 is 4.79 Å². The number of amides is 1. The van der Waals surface area contributed by atoms with Crippen LogP contribution in [0.4, 0.5) is 10.8 Å². The van der Waals surface area contributed by atoms with Crippen LogP contribution >= 0.6 is 11.3 Å². The molecule has 0 saturated carbocycles. The van der Waals surface area contributed by atoms with E-state index in [4.69, 9.17) is 5.73 Å². The number of nitrogens with one attached hydrogen (secondary N) is 1. The molecule has 4 nitrogen and oxygen atoms in total. The quantitative estimate of drug-likeness (QED) is 0.751. The molecule has 5 heteroatoms. The first kappa shape index (κ1) is 11.7. The van der Waals surface area contributed by atoms with Crippen LogP contribution in [0.3, 0.4) is 0 Å². The zero-order valence-corrected chi connectivity index (χ0v) is 10.8. The molecule has 0 aliphatic rings. The molecule has 1 aromatic heterocycles. The number of nitrogens with two attached hydrogens (primary N) is 1. The third-order valence-corrected chi connectivity index (χ3v) is 3.47. The van der Waals surface area contributed by atoms with Crippen LogP contribution in [-0.4, -0.2) is 10.9 Å². The maximum atomic E-state index is 12.0. The van der Waals surface area contributed by atoms with E-state index in [-0.39, 0.29) is 5.91 Å². The van der Waals surface area contributed by atoms with E-state index in [2.05, 4.69) is 10.3 Å². The number of fused-ring (bicyclic) bond motifs is 1. The second-order valence-corrected chi connectivity index (χ2v) is 4.94. The summed E-state index contributed by atoms with van der Waals surface area (Å²) in [4.78, 5) is 16.0. The van der Waals surface area contributed by atoms with Crippen LogP contribution in [0.2, 0.25) is 0 Å². The number of aromatic nitrogens is 1. The Kier molecular flexibility index (Phi) is 2.89. The van der Waals surface area contributed by atoms with Crippen LogP contribution < -0.4 is 11.1 Å². The molecular formula is C14H11N3OS. The van der Waals surface area contributed by atoms with Gasteiger partial charge < -0.3 is 11.1 Å². The Morgan fingerprint density at radius 3 is 2.74 bits per heavy atom. The van der Waals surface area contributed by atoms with E-state index in [1.165, 1.54) is 11.3 Å². The summed E-state index contributed by atoms with van der Waals surface area (Å²) in [5.74, 6) is -0.246. The molecule has 0 fully saturated rings. The van der Waals surface area contributed by atoms with Crippen molar-refractivity contribution in [1.82, 2.24) is 4.98 Å². The summed E-state index contributed by atoms with van der Waals surface area (Å²) in [6.07, 6.45) is 0. The predicted octanol–water partition coefficient (Wildman–Crippen LogP) is 3.13. The van der Waals surface area contributed by atoms with Crippen LogP contribution in [0.25, 0.3) is 10.8 Å². The molecule has 1 amide bonds. The first-order valence-corrected chi connectivity index (χ1v) is 6.62. The van der Waals surface area contributed by atoms with Gasteiger partial charge >= 0.3 is 0 Å². The molecule has 0 aliphatic heterocycles. The molecule has 0 bridgehead atoms. The van der Waals surface area contributed by atoms with Crippen molar-refractivity contribution in [3.05, 3.63) is 53.5 Å². The smallest absolute Gasteiger partial charge is 0.275 e. The Balaban J connectivity index is 1.95. The molecule has 0 radical (unpaired) electrons. The van der Waals surface area contributed by atoms with E-state index >= 15 is 0 Å². The van der Waals surface area contributed by atoms with Crippen molar-refractivity contribution in [2.24, 2.45) is 0 Å². The van der Waals surface area contributed by atoms with E-state index in [1.54, 1.807) is 5.38 Å². The van der Waals surface area contributed by atoms with Crippen molar-refractivity contribution in [3.63, 3.8) is 0 Å². The minimum absolute atomic E-state index is 0.246. The lowest BCUT2D eigenvalue weighted by Gasteiger charge is -2.07. The molecular weight excluding hydrogens is 258 g/mol. The second-order valence-electron chi connectivity index (χ2n) is 4.05. The lowest BCUT2D eigenvalue weighted by molar-refractivity contribution is 0.102. The van der Waals surface area contributed by atoms with Gasteiger partial charge in [-0.15, -0.1) is 11.3 Å². The number of nitrogen functional groups attached to an aromatic ring is 1. The number of hydrogen-bond acceptors (Lipinski definition) is 4. The van der Waals surface area contributed by atoms with Crippen molar-refractivity contribution >= 4 is 38.8 Å². The normalized spacial score (nSPS) is 10.5. The number of anilines is 2. The minimum Gasteiger partial charge on any atom is -0.375 e. The third kappa shape index (κ3) is 2.28. The number of hydrogen-bond donors (Lipinski definition) is 2. The summed E-state index contributed by atoms with van der Waals surface area (Å²) in [7, 11) is 0. The maximum Gasteiger partial charge on any atom is 0.275 e. The monoisotopic (exact) mass is 269 g/mol. The first-order chi connectivity index (χ1) is 9.24. The van der Waals surface area contributed by atoms with Crippen LogP contribution in [0.15, 0.2) is 47.8 Å². The van der Waals surface area contributed by atoms with Gasteiger partial charge in [0.2, 0.25) is 0 Å². The zero-order valence-electron chi connectivity index (χ0n) is 9.96. The highest BCUT2D eigenvalue weighted by Gasteiger charge is 2.11. The molecule has 0 saturated heterocycles.